The number of amides is 1. The van der Waals surface area contributed by atoms with Crippen molar-refractivity contribution in [3.8, 4) is 0 Å². The van der Waals surface area contributed by atoms with Gasteiger partial charge >= 0.3 is 0 Å². The predicted octanol–water partition coefficient (Wildman–Crippen LogP) is 4.08. The number of morpholine rings is 1. The van der Waals surface area contributed by atoms with Crippen LogP contribution in [0.3, 0.4) is 0 Å². The van der Waals surface area contributed by atoms with E-state index < -0.39 is 0 Å². The third-order valence-electron chi connectivity index (χ3n) is 4.61. The molecule has 2 aromatic heterocycles. The highest BCUT2D eigenvalue weighted by Crippen LogP contribution is 2.29. The molecule has 0 bridgehead atoms. The van der Waals surface area contributed by atoms with Gasteiger partial charge in [-0.25, -0.2) is 0 Å². The Hall–Kier alpha value is -2.15. The van der Waals surface area contributed by atoms with E-state index in [9.17, 15) is 4.79 Å². The fourth-order valence-corrected chi connectivity index (χ4v) is 4.10. The van der Waals surface area contributed by atoms with Gasteiger partial charge in [0.25, 0.3) is 5.91 Å². The van der Waals surface area contributed by atoms with Crippen molar-refractivity contribution in [1.29, 1.82) is 0 Å². The highest BCUT2D eigenvalue weighted by molar-refractivity contribution is 7.09. The molecule has 3 aromatic rings. The van der Waals surface area contributed by atoms with Crippen molar-refractivity contribution >= 4 is 45.4 Å². The van der Waals surface area contributed by atoms with E-state index in [1.807, 2.05) is 23.1 Å². The number of hydrogen-bond donors (Lipinski definition) is 1. The van der Waals surface area contributed by atoms with Gasteiger partial charge in [-0.1, -0.05) is 17.7 Å². The molecule has 0 aliphatic carbocycles. The van der Waals surface area contributed by atoms with Crippen molar-refractivity contribution in [2.45, 2.75) is 6.42 Å². The van der Waals surface area contributed by atoms with Crippen molar-refractivity contribution in [1.82, 2.24) is 9.88 Å². The molecule has 1 aromatic carbocycles. The lowest BCUT2D eigenvalue weighted by atomic mass is 10.1. The summed E-state index contributed by atoms with van der Waals surface area (Å²) in [6, 6.07) is 9.73. The molecule has 140 valence electrons. The molecule has 0 spiro atoms. The molecule has 3 heterocycles. The third kappa shape index (κ3) is 4.08. The van der Waals surface area contributed by atoms with Gasteiger partial charge in [-0.3, -0.25) is 9.78 Å². The zero-order chi connectivity index (χ0) is 18.6. The van der Waals surface area contributed by atoms with E-state index in [1.165, 1.54) is 4.88 Å². The van der Waals surface area contributed by atoms with Crippen LogP contribution in [0.5, 0.6) is 0 Å². The number of pyridine rings is 1. The minimum Gasteiger partial charge on any atom is -0.383 e. The van der Waals surface area contributed by atoms with Gasteiger partial charge in [-0.15, -0.1) is 11.3 Å². The lowest BCUT2D eigenvalue weighted by Crippen LogP contribution is -2.41. The van der Waals surface area contributed by atoms with E-state index in [0.717, 1.165) is 29.6 Å². The fraction of sp³-hybridized carbons (Fsp3) is 0.300. The molecule has 1 aliphatic rings. The number of halogens is 1. The number of nitrogens with one attached hydrogen (secondary N) is 1. The highest BCUT2D eigenvalue weighted by Gasteiger charge is 2.23. The first-order valence-electron chi connectivity index (χ1n) is 8.94. The summed E-state index contributed by atoms with van der Waals surface area (Å²) in [5, 5.41) is 7.04. The average Bonchev–Trinajstić information content (AvgIpc) is 3.22. The van der Waals surface area contributed by atoms with E-state index in [-0.39, 0.29) is 5.91 Å². The summed E-state index contributed by atoms with van der Waals surface area (Å²) < 4.78 is 5.37. The quantitative estimate of drug-likeness (QED) is 0.700. The number of carbonyl (C=O) groups is 1. The number of rotatable bonds is 5. The van der Waals surface area contributed by atoms with Crippen molar-refractivity contribution in [2.24, 2.45) is 0 Å². The molecule has 1 fully saturated rings. The van der Waals surface area contributed by atoms with Crippen LogP contribution in [0.2, 0.25) is 5.02 Å². The van der Waals surface area contributed by atoms with Gasteiger partial charge in [0.05, 0.1) is 30.0 Å². The summed E-state index contributed by atoms with van der Waals surface area (Å²) >= 11 is 7.96. The molecular formula is C20H20ClN3O2S. The summed E-state index contributed by atoms with van der Waals surface area (Å²) in [5.41, 5.74) is 2.20. The molecule has 0 saturated carbocycles. The number of nitrogens with zero attached hydrogens (tertiary/aromatic N) is 2. The van der Waals surface area contributed by atoms with Gasteiger partial charge in [0, 0.05) is 41.1 Å². The fourth-order valence-electron chi connectivity index (χ4n) is 3.22. The smallest absolute Gasteiger partial charge is 0.257 e. The van der Waals surface area contributed by atoms with Gasteiger partial charge in [0.15, 0.2) is 0 Å². The Morgan fingerprint density at radius 1 is 1.30 bits per heavy atom. The van der Waals surface area contributed by atoms with Crippen molar-refractivity contribution in [2.75, 3.05) is 38.2 Å². The zero-order valence-corrected chi connectivity index (χ0v) is 16.4. The van der Waals surface area contributed by atoms with E-state index in [1.54, 1.807) is 17.5 Å². The minimum atomic E-state index is -0.0219. The van der Waals surface area contributed by atoms with Crippen LogP contribution in [-0.2, 0) is 11.2 Å². The second-order valence-electron chi connectivity index (χ2n) is 6.37. The molecule has 1 aliphatic heterocycles. The number of fused-ring (bicyclic) bond motifs is 1. The Morgan fingerprint density at radius 2 is 2.15 bits per heavy atom. The van der Waals surface area contributed by atoms with Crippen LogP contribution in [-0.4, -0.2) is 48.6 Å². The highest BCUT2D eigenvalue weighted by atomic mass is 35.5. The van der Waals surface area contributed by atoms with Crippen molar-refractivity contribution in [3.05, 3.63) is 57.4 Å². The van der Waals surface area contributed by atoms with Gasteiger partial charge in [-0.05, 0) is 36.1 Å². The minimum absolute atomic E-state index is 0.0219. The lowest BCUT2D eigenvalue weighted by molar-refractivity contribution is 0.0303. The summed E-state index contributed by atoms with van der Waals surface area (Å²) in [6.07, 6.45) is 2.56. The number of ether oxygens (including phenoxy) is 1. The number of benzene rings is 1. The molecule has 4 rings (SSSR count). The Balaban J connectivity index is 1.67. The van der Waals surface area contributed by atoms with Crippen LogP contribution in [0.4, 0.5) is 5.69 Å². The molecular weight excluding hydrogens is 382 g/mol. The topological polar surface area (TPSA) is 54.5 Å². The Labute approximate surface area is 166 Å². The summed E-state index contributed by atoms with van der Waals surface area (Å²) in [4.78, 5) is 20.7. The maximum Gasteiger partial charge on any atom is 0.257 e. The summed E-state index contributed by atoms with van der Waals surface area (Å²) in [7, 11) is 0. The predicted molar refractivity (Wildman–Crippen MR) is 110 cm³/mol. The second kappa shape index (κ2) is 8.25. The normalized spacial score (nSPS) is 14.5. The number of anilines is 1. The van der Waals surface area contributed by atoms with E-state index in [2.05, 4.69) is 27.8 Å². The maximum atomic E-state index is 13.1. The number of carbonyl (C=O) groups excluding carboxylic acids is 1. The van der Waals surface area contributed by atoms with E-state index in [0.29, 0.717) is 36.9 Å². The van der Waals surface area contributed by atoms with Crippen LogP contribution in [0.15, 0.2) is 41.9 Å². The van der Waals surface area contributed by atoms with E-state index in [4.69, 9.17) is 16.3 Å². The molecule has 7 heteroatoms. The molecule has 1 saturated heterocycles. The Kier molecular flexibility index (Phi) is 5.57. The van der Waals surface area contributed by atoms with Crippen LogP contribution < -0.4 is 5.32 Å². The number of hydrogen-bond acceptors (Lipinski definition) is 5. The molecule has 27 heavy (non-hydrogen) atoms. The van der Waals surface area contributed by atoms with Crippen LogP contribution in [0.25, 0.3) is 10.9 Å². The molecule has 0 radical (unpaired) electrons. The van der Waals surface area contributed by atoms with Crippen LogP contribution >= 0.6 is 22.9 Å². The molecule has 1 N–H and O–H groups in total. The Morgan fingerprint density at radius 3 is 2.93 bits per heavy atom. The monoisotopic (exact) mass is 401 g/mol. The lowest BCUT2D eigenvalue weighted by Gasteiger charge is -2.28. The second-order valence-corrected chi connectivity index (χ2v) is 7.84. The zero-order valence-electron chi connectivity index (χ0n) is 14.8. The van der Waals surface area contributed by atoms with Crippen LogP contribution in [0, 0.1) is 0 Å². The average molecular weight is 402 g/mol. The molecule has 5 nitrogen and oxygen atoms in total. The first kappa shape index (κ1) is 18.2. The van der Waals surface area contributed by atoms with Crippen molar-refractivity contribution in [3.63, 3.8) is 0 Å². The molecule has 1 amide bonds. The summed E-state index contributed by atoms with van der Waals surface area (Å²) in [5.74, 6) is -0.0219. The first-order valence-corrected chi connectivity index (χ1v) is 10.2. The van der Waals surface area contributed by atoms with Crippen molar-refractivity contribution < 1.29 is 9.53 Å². The molecule has 0 atom stereocenters. The van der Waals surface area contributed by atoms with Crippen LogP contribution in [0.1, 0.15) is 15.2 Å². The largest absolute Gasteiger partial charge is 0.383 e. The van der Waals surface area contributed by atoms with Gasteiger partial charge < -0.3 is 15.0 Å². The number of thiophene rings is 1. The standard InChI is InChI=1S/C20H20ClN3O2S/c21-14-3-4-18-16(12-14)19(22-6-5-15-2-1-11-27-15)17(13-23-18)20(25)24-7-9-26-10-8-24/h1-4,11-13H,5-10H2,(H,22,23). The SMILES string of the molecule is O=C(c1cnc2ccc(Cl)cc2c1NCCc1cccs1)N1CCOCC1. The first-order chi connectivity index (χ1) is 13.2. The van der Waals surface area contributed by atoms with Gasteiger partial charge in [0.1, 0.15) is 0 Å². The van der Waals surface area contributed by atoms with E-state index >= 15 is 0 Å². The number of aromatic nitrogens is 1. The maximum absolute atomic E-state index is 13.1. The Bertz CT molecular complexity index is 940. The van der Waals surface area contributed by atoms with Gasteiger partial charge in [-0.2, -0.15) is 0 Å². The third-order valence-corrected chi connectivity index (χ3v) is 5.78. The molecule has 0 unspecified atom stereocenters. The van der Waals surface area contributed by atoms with Gasteiger partial charge in [0.2, 0.25) is 0 Å². The summed E-state index contributed by atoms with van der Waals surface area (Å²) in [6.45, 7) is 3.07.